The zero-order chi connectivity index (χ0) is 19.7. The number of methoxy groups -OCH3 is 1. The van der Waals surface area contributed by atoms with Gasteiger partial charge in [-0.1, -0.05) is 42.0 Å². The number of hydrogen-bond acceptors (Lipinski definition) is 2. The molecule has 0 aliphatic carbocycles. The van der Waals surface area contributed by atoms with Crippen LogP contribution in [0.5, 0.6) is 5.75 Å². The van der Waals surface area contributed by atoms with Crippen molar-refractivity contribution in [3.63, 3.8) is 0 Å². The lowest BCUT2D eigenvalue weighted by Crippen LogP contribution is -2.26. The number of aryl methyl sites for hydroxylation is 1. The van der Waals surface area contributed by atoms with Gasteiger partial charge in [-0.05, 0) is 60.0 Å². The Morgan fingerprint density at radius 2 is 1.46 bits per heavy atom. The van der Waals surface area contributed by atoms with Crippen molar-refractivity contribution in [2.45, 2.75) is 6.92 Å². The van der Waals surface area contributed by atoms with Crippen LogP contribution in [0.15, 0.2) is 72.8 Å². The summed E-state index contributed by atoms with van der Waals surface area (Å²) in [6, 6.07) is 21.7. The molecule has 3 aromatic carbocycles. The van der Waals surface area contributed by atoms with Crippen LogP contribution in [0.25, 0.3) is 11.1 Å². The second-order valence-corrected chi connectivity index (χ2v) is 6.82. The highest BCUT2D eigenvalue weighted by molar-refractivity contribution is 6.36. The van der Waals surface area contributed by atoms with Gasteiger partial charge in [0, 0.05) is 5.69 Å². The molecule has 1 aliphatic rings. The van der Waals surface area contributed by atoms with E-state index in [1.807, 2.05) is 55.5 Å². The number of carbonyl (C=O) groups is 1. The number of nitrogens with zero attached hydrogens (tertiary/aromatic N) is 1. The van der Waals surface area contributed by atoms with Gasteiger partial charge in [0.05, 0.1) is 19.2 Å². The first-order valence-corrected chi connectivity index (χ1v) is 9.09. The van der Waals surface area contributed by atoms with Crippen LogP contribution in [0.2, 0.25) is 0 Å². The predicted molar refractivity (Wildman–Crippen MR) is 110 cm³/mol. The molecular formula is C24H20FNO2. The average molecular weight is 373 g/mol. The molecule has 0 bridgehead atoms. The third-order valence-corrected chi connectivity index (χ3v) is 4.99. The van der Waals surface area contributed by atoms with E-state index in [4.69, 9.17) is 4.74 Å². The molecule has 4 heteroatoms. The fourth-order valence-electron chi connectivity index (χ4n) is 3.45. The standard InChI is InChI=1S/C24H20FNO2/c1-16-3-5-17(6-4-16)22-15-26(20-11-9-19(25)10-12-20)24(27)23(22)18-7-13-21(28-2)14-8-18/h3-14H,15H2,1-2H3. The molecule has 1 amide bonds. The van der Waals surface area contributed by atoms with E-state index in [9.17, 15) is 9.18 Å². The van der Waals surface area contributed by atoms with Gasteiger partial charge in [-0.25, -0.2) is 4.39 Å². The average Bonchev–Trinajstić information content (AvgIpc) is 3.06. The molecule has 0 saturated heterocycles. The van der Waals surface area contributed by atoms with Gasteiger partial charge in [-0.3, -0.25) is 4.79 Å². The van der Waals surface area contributed by atoms with E-state index in [1.54, 1.807) is 24.1 Å². The number of amides is 1. The van der Waals surface area contributed by atoms with Crippen LogP contribution >= 0.6 is 0 Å². The number of rotatable bonds is 4. The van der Waals surface area contributed by atoms with Gasteiger partial charge in [0.25, 0.3) is 5.91 Å². The summed E-state index contributed by atoms with van der Waals surface area (Å²) in [5.41, 5.74) is 5.31. The van der Waals surface area contributed by atoms with Gasteiger partial charge in [0.1, 0.15) is 11.6 Å². The van der Waals surface area contributed by atoms with Crippen molar-refractivity contribution in [1.82, 2.24) is 0 Å². The summed E-state index contributed by atoms with van der Waals surface area (Å²) in [7, 11) is 1.61. The zero-order valence-electron chi connectivity index (χ0n) is 15.8. The monoisotopic (exact) mass is 373 g/mol. The van der Waals surface area contributed by atoms with Crippen molar-refractivity contribution in [3.8, 4) is 5.75 Å². The number of carbonyl (C=O) groups excluding carboxylic acids is 1. The summed E-state index contributed by atoms with van der Waals surface area (Å²) in [5, 5.41) is 0. The molecule has 0 spiro atoms. The molecule has 1 heterocycles. The van der Waals surface area contributed by atoms with Crippen molar-refractivity contribution >= 4 is 22.7 Å². The Bertz CT molecular complexity index is 1040. The van der Waals surface area contributed by atoms with E-state index in [-0.39, 0.29) is 11.7 Å². The summed E-state index contributed by atoms with van der Waals surface area (Å²) < 4.78 is 18.6. The summed E-state index contributed by atoms with van der Waals surface area (Å²) in [5.74, 6) is 0.326. The van der Waals surface area contributed by atoms with Crippen LogP contribution in [0.4, 0.5) is 10.1 Å². The molecule has 4 rings (SSSR count). The Morgan fingerprint density at radius 3 is 2.07 bits per heavy atom. The normalized spacial score (nSPS) is 14.0. The minimum absolute atomic E-state index is 0.0904. The lowest BCUT2D eigenvalue weighted by molar-refractivity contribution is -0.112. The van der Waals surface area contributed by atoms with E-state index in [1.165, 1.54) is 12.1 Å². The summed E-state index contributed by atoms with van der Waals surface area (Å²) in [4.78, 5) is 15.0. The van der Waals surface area contributed by atoms with Gasteiger partial charge in [0.2, 0.25) is 0 Å². The highest BCUT2D eigenvalue weighted by Gasteiger charge is 2.32. The first-order chi connectivity index (χ1) is 13.6. The van der Waals surface area contributed by atoms with Crippen LogP contribution in [0.1, 0.15) is 16.7 Å². The van der Waals surface area contributed by atoms with Crippen molar-refractivity contribution in [3.05, 3.63) is 95.3 Å². The Hall–Kier alpha value is -3.40. The van der Waals surface area contributed by atoms with E-state index in [0.717, 1.165) is 28.0 Å². The molecule has 3 aromatic rings. The summed E-state index contributed by atoms with van der Waals surface area (Å²) in [6.45, 7) is 2.47. The maximum Gasteiger partial charge on any atom is 0.259 e. The summed E-state index contributed by atoms with van der Waals surface area (Å²) in [6.07, 6.45) is 0. The van der Waals surface area contributed by atoms with Crippen molar-refractivity contribution in [2.75, 3.05) is 18.6 Å². The molecule has 0 N–H and O–H groups in total. The number of anilines is 1. The van der Waals surface area contributed by atoms with Crippen molar-refractivity contribution in [2.24, 2.45) is 0 Å². The number of hydrogen-bond donors (Lipinski definition) is 0. The van der Waals surface area contributed by atoms with Gasteiger partial charge in [-0.15, -0.1) is 0 Å². The maximum atomic E-state index is 13.3. The van der Waals surface area contributed by atoms with Gasteiger partial charge in [0.15, 0.2) is 0 Å². The molecule has 0 saturated carbocycles. The van der Waals surface area contributed by atoms with Crippen LogP contribution < -0.4 is 9.64 Å². The highest BCUT2D eigenvalue weighted by atomic mass is 19.1. The third kappa shape index (κ3) is 3.29. The van der Waals surface area contributed by atoms with Gasteiger partial charge in [-0.2, -0.15) is 0 Å². The van der Waals surface area contributed by atoms with E-state index >= 15 is 0 Å². The quantitative estimate of drug-likeness (QED) is 0.637. The van der Waals surface area contributed by atoms with Crippen molar-refractivity contribution in [1.29, 1.82) is 0 Å². The molecule has 0 aromatic heterocycles. The number of ether oxygens (including phenoxy) is 1. The van der Waals surface area contributed by atoms with Gasteiger partial charge < -0.3 is 9.64 Å². The minimum Gasteiger partial charge on any atom is -0.497 e. The van der Waals surface area contributed by atoms with E-state index in [0.29, 0.717) is 17.8 Å². The predicted octanol–water partition coefficient (Wildman–Crippen LogP) is 5.10. The lowest BCUT2D eigenvalue weighted by atomic mass is 9.96. The zero-order valence-corrected chi connectivity index (χ0v) is 15.8. The molecule has 0 fully saturated rings. The molecular weight excluding hydrogens is 353 g/mol. The van der Waals surface area contributed by atoms with Crippen LogP contribution in [0, 0.1) is 12.7 Å². The molecule has 3 nitrogen and oxygen atoms in total. The first-order valence-electron chi connectivity index (χ1n) is 9.09. The number of halogens is 1. The van der Waals surface area contributed by atoms with Crippen LogP contribution in [0.3, 0.4) is 0 Å². The van der Waals surface area contributed by atoms with Gasteiger partial charge >= 0.3 is 0 Å². The fourth-order valence-corrected chi connectivity index (χ4v) is 3.45. The molecule has 0 atom stereocenters. The summed E-state index contributed by atoms with van der Waals surface area (Å²) >= 11 is 0. The molecule has 1 aliphatic heterocycles. The Kier molecular flexibility index (Phi) is 4.70. The van der Waals surface area contributed by atoms with Crippen molar-refractivity contribution < 1.29 is 13.9 Å². The molecule has 28 heavy (non-hydrogen) atoms. The second-order valence-electron chi connectivity index (χ2n) is 6.82. The Balaban J connectivity index is 1.81. The highest BCUT2D eigenvalue weighted by Crippen LogP contribution is 2.37. The maximum absolute atomic E-state index is 13.3. The topological polar surface area (TPSA) is 29.5 Å². The lowest BCUT2D eigenvalue weighted by Gasteiger charge is -2.17. The third-order valence-electron chi connectivity index (χ3n) is 4.99. The second kappa shape index (κ2) is 7.31. The Morgan fingerprint density at radius 1 is 0.857 bits per heavy atom. The fraction of sp³-hybridized carbons (Fsp3) is 0.125. The largest absolute Gasteiger partial charge is 0.497 e. The molecule has 0 radical (unpaired) electrons. The first kappa shape index (κ1) is 18.0. The molecule has 0 unspecified atom stereocenters. The van der Waals surface area contributed by atoms with Crippen LogP contribution in [-0.4, -0.2) is 19.6 Å². The number of benzene rings is 3. The van der Waals surface area contributed by atoms with E-state index < -0.39 is 0 Å². The smallest absolute Gasteiger partial charge is 0.259 e. The minimum atomic E-state index is -0.322. The SMILES string of the molecule is COc1ccc(C2=C(c3ccc(C)cc3)CN(c3ccc(F)cc3)C2=O)cc1. The molecule has 140 valence electrons. The Labute approximate surface area is 163 Å². The van der Waals surface area contributed by atoms with E-state index in [2.05, 4.69) is 0 Å². The van der Waals surface area contributed by atoms with Crippen LogP contribution in [-0.2, 0) is 4.79 Å².